The molecule has 0 aliphatic rings. The number of hydrogen-bond donors (Lipinski definition) is 0. The van der Waals surface area contributed by atoms with Gasteiger partial charge in [-0.3, -0.25) is 4.98 Å². The SMILES string of the molecule is [C-]#[N+]c1c(F)ccc(-c2cccc(C(C)(C)c3cccc(-n4ccc(C(C)(C)C)n4)n3)n2)c1F. The molecule has 0 aliphatic heterocycles. The van der Waals surface area contributed by atoms with E-state index in [9.17, 15) is 8.78 Å². The largest absolute Gasteiger partial charge is 0.257 e. The Balaban J connectivity index is 1.74. The number of benzene rings is 1. The molecule has 1 aromatic carbocycles. The van der Waals surface area contributed by atoms with Crippen LogP contribution in [-0.2, 0) is 10.8 Å². The van der Waals surface area contributed by atoms with Crippen molar-refractivity contribution in [2.75, 3.05) is 0 Å². The van der Waals surface area contributed by atoms with E-state index in [2.05, 4.69) is 35.7 Å². The first-order valence-corrected chi connectivity index (χ1v) is 10.9. The van der Waals surface area contributed by atoms with Crippen molar-refractivity contribution in [3.05, 3.63) is 101 Å². The van der Waals surface area contributed by atoms with Gasteiger partial charge in [-0.05, 0) is 56.3 Å². The minimum absolute atomic E-state index is 0.0742. The van der Waals surface area contributed by atoms with Gasteiger partial charge >= 0.3 is 0 Å². The molecule has 0 unspecified atom stereocenters. The van der Waals surface area contributed by atoms with Crippen LogP contribution in [0.15, 0.2) is 60.8 Å². The standard InChI is InChI=1S/C27H25F2N5/c1-26(2,3)20-15-16-34(33-20)23-12-8-11-22(32-23)27(4,5)21-10-7-9-19(31-21)17-13-14-18(28)25(30-6)24(17)29/h7-16H,1-5H3. The van der Waals surface area contributed by atoms with Gasteiger partial charge in [0.1, 0.15) is 11.6 Å². The molecule has 0 bridgehead atoms. The number of halogens is 2. The Labute approximate surface area is 198 Å². The first kappa shape index (κ1) is 23.2. The van der Waals surface area contributed by atoms with Crippen molar-refractivity contribution in [1.29, 1.82) is 0 Å². The molecule has 5 nitrogen and oxygen atoms in total. The quantitative estimate of drug-likeness (QED) is 0.317. The van der Waals surface area contributed by atoms with E-state index in [0.29, 0.717) is 17.2 Å². The van der Waals surface area contributed by atoms with Gasteiger partial charge in [-0.2, -0.15) is 5.10 Å². The zero-order valence-electron chi connectivity index (χ0n) is 19.8. The molecule has 0 radical (unpaired) electrons. The fourth-order valence-electron chi connectivity index (χ4n) is 3.66. The average Bonchev–Trinajstić information content (AvgIpc) is 3.31. The normalized spacial score (nSPS) is 11.9. The van der Waals surface area contributed by atoms with Crippen LogP contribution >= 0.6 is 0 Å². The van der Waals surface area contributed by atoms with Crippen LogP contribution < -0.4 is 0 Å². The minimum Gasteiger partial charge on any atom is -0.252 e. The van der Waals surface area contributed by atoms with Crippen molar-refractivity contribution in [2.45, 2.75) is 45.4 Å². The van der Waals surface area contributed by atoms with Crippen LogP contribution in [0.4, 0.5) is 14.5 Å². The van der Waals surface area contributed by atoms with E-state index in [4.69, 9.17) is 11.6 Å². The highest BCUT2D eigenvalue weighted by Crippen LogP contribution is 2.34. The maximum absolute atomic E-state index is 14.8. The van der Waals surface area contributed by atoms with Crippen LogP contribution in [0.2, 0.25) is 0 Å². The Hall–Kier alpha value is -3.92. The lowest BCUT2D eigenvalue weighted by molar-refractivity contribution is 0.557. The molecule has 0 saturated carbocycles. The third kappa shape index (κ3) is 4.19. The van der Waals surface area contributed by atoms with Crippen LogP contribution in [-0.4, -0.2) is 19.7 Å². The summed E-state index contributed by atoms with van der Waals surface area (Å²) in [5.74, 6) is -1.11. The van der Waals surface area contributed by atoms with Gasteiger partial charge in [-0.1, -0.05) is 32.9 Å². The van der Waals surface area contributed by atoms with Crippen molar-refractivity contribution >= 4 is 5.69 Å². The Bertz CT molecular complexity index is 1410. The van der Waals surface area contributed by atoms with Gasteiger partial charge in [0, 0.05) is 22.6 Å². The summed E-state index contributed by atoms with van der Waals surface area (Å²) in [6, 6.07) is 15.4. The number of aromatic nitrogens is 4. The fourth-order valence-corrected chi connectivity index (χ4v) is 3.66. The third-order valence-corrected chi connectivity index (χ3v) is 5.81. The Morgan fingerprint density at radius 3 is 2.15 bits per heavy atom. The molecule has 0 atom stereocenters. The molecule has 4 aromatic rings. The van der Waals surface area contributed by atoms with Gasteiger partial charge < -0.3 is 0 Å². The lowest BCUT2D eigenvalue weighted by atomic mass is 9.84. The number of hydrogen-bond acceptors (Lipinski definition) is 3. The van der Waals surface area contributed by atoms with Gasteiger partial charge in [0.15, 0.2) is 5.82 Å². The smallest absolute Gasteiger partial charge is 0.252 e. The lowest BCUT2D eigenvalue weighted by Gasteiger charge is -2.24. The van der Waals surface area contributed by atoms with E-state index in [1.165, 1.54) is 6.07 Å². The minimum atomic E-state index is -0.911. The molecule has 7 heteroatoms. The van der Waals surface area contributed by atoms with Gasteiger partial charge in [0.25, 0.3) is 5.69 Å². The summed E-state index contributed by atoms with van der Waals surface area (Å²) in [4.78, 5) is 12.5. The average molecular weight is 458 g/mol. The maximum Gasteiger partial charge on any atom is 0.257 e. The van der Waals surface area contributed by atoms with Crippen molar-refractivity contribution in [3.8, 4) is 17.1 Å². The van der Waals surface area contributed by atoms with E-state index < -0.39 is 22.7 Å². The summed E-state index contributed by atoms with van der Waals surface area (Å²) < 4.78 is 30.3. The van der Waals surface area contributed by atoms with Crippen molar-refractivity contribution < 1.29 is 8.78 Å². The van der Waals surface area contributed by atoms with Crippen LogP contribution in [0.1, 0.15) is 51.7 Å². The summed E-state index contributed by atoms with van der Waals surface area (Å²) in [7, 11) is 0. The number of nitrogens with zero attached hydrogens (tertiary/aromatic N) is 5. The second-order valence-corrected chi connectivity index (χ2v) is 9.68. The maximum atomic E-state index is 14.8. The van der Waals surface area contributed by atoms with Crippen molar-refractivity contribution in [3.63, 3.8) is 0 Å². The zero-order valence-corrected chi connectivity index (χ0v) is 19.8. The van der Waals surface area contributed by atoms with Crippen molar-refractivity contribution in [2.24, 2.45) is 0 Å². The highest BCUT2D eigenvalue weighted by atomic mass is 19.1. The van der Waals surface area contributed by atoms with Gasteiger partial charge in [-0.15, -0.1) is 0 Å². The summed E-state index contributed by atoms with van der Waals surface area (Å²) in [6.45, 7) is 17.4. The molecule has 172 valence electrons. The molecule has 3 aromatic heterocycles. The summed E-state index contributed by atoms with van der Waals surface area (Å²) in [5.41, 5.74) is 1.48. The van der Waals surface area contributed by atoms with Gasteiger partial charge in [0.2, 0.25) is 0 Å². The molecular weight excluding hydrogens is 432 g/mol. The molecule has 3 heterocycles. The molecule has 4 rings (SSSR count). The zero-order chi connectivity index (χ0) is 24.7. The van der Waals surface area contributed by atoms with Crippen LogP contribution in [0.5, 0.6) is 0 Å². The first-order chi connectivity index (χ1) is 16.0. The molecule has 0 saturated heterocycles. The fraction of sp³-hybridized carbons (Fsp3) is 0.259. The molecule has 0 aliphatic carbocycles. The highest BCUT2D eigenvalue weighted by Gasteiger charge is 2.28. The Kier molecular flexibility index (Phi) is 5.78. The first-order valence-electron chi connectivity index (χ1n) is 10.9. The second kappa shape index (κ2) is 8.45. The highest BCUT2D eigenvalue weighted by molar-refractivity contribution is 5.67. The number of pyridine rings is 2. The number of rotatable bonds is 4. The molecule has 0 fully saturated rings. The molecular formula is C27H25F2N5. The van der Waals surface area contributed by atoms with Crippen molar-refractivity contribution in [1.82, 2.24) is 19.7 Å². The van der Waals surface area contributed by atoms with Gasteiger partial charge in [-0.25, -0.2) is 23.3 Å². The monoisotopic (exact) mass is 457 g/mol. The molecule has 0 spiro atoms. The Morgan fingerprint density at radius 1 is 0.824 bits per heavy atom. The predicted octanol–water partition coefficient (Wildman–Crippen LogP) is 6.78. The predicted molar refractivity (Wildman–Crippen MR) is 128 cm³/mol. The third-order valence-electron chi connectivity index (χ3n) is 5.81. The topological polar surface area (TPSA) is 48.0 Å². The second-order valence-electron chi connectivity index (χ2n) is 9.68. The van der Waals surface area contributed by atoms with E-state index in [-0.39, 0.29) is 11.0 Å². The summed E-state index contributed by atoms with van der Waals surface area (Å²) >= 11 is 0. The lowest BCUT2D eigenvalue weighted by Crippen LogP contribution is -2.23. The molecule has 0 N–H and O–H groups in total. The summed E-state index contributed by atoms with van der Waals surface area (Å²) in [5, 5.41) is 4.68. The summed E-state index contributed by atoms with van der Waals surface area (Å²) in [6.07, 6.45) is 1.89. The van der Waals surface area contributed by atoms with Crippen LogP contribution in [0.3, 0.4) is 0 Å². The van der Waals surface area contributed by atoms with Crippen LogP contribution in [0.25, 0.3) is 21.9 Å². The Morgan fingerprint density at radius 2 is 1.50 bits per heavy atom. The van der Waals surface area contributed by atoms with E-state index >= 15 is 0 Å². The van der Waals surface area contributed by atoms with E-state index in [1.54, 1.807) is 16.8 Å². The van der Waals surface area contributed by atoms with Gasteiger partial charge in [0.05, 0.1) is 29.3 Å². The molecule has 0 amide bonds. The molecule has 34 heavy (non-hydrogen) atoms. The van der Waals surface area contributed by atoms with E-state index in [1.807, 2.05) is 50.4 Å². The van der Waals surface area contributed by atoms with E-state index in [0.717, 1.165) is 17.5 Å². The van der Waals surface area contributed by atoms with Crippen LogP contribution in [0, 0.1) is 18.2 Å².